The number of pyridine rings is 1. The average Bonchev–Trinajstić information content (AvgIpc) is 3.30. The van der Waals surface area contributed by atoms with Gasteiger partial charge in [-0.25, -0.2) is 4.98 Å². The molecule has 2 heterocycles. The Morgan fingerprint density at radius 2 is 2.14 bits per heavy atom. The number of anilines is 2. The highest BCUT2D eigenvalue weighted by molar-refractivity contribution is 5.96. The van der Waals surface area contributed by atoms with E-state index in [9.17, 15) is 4.79 Å². The second-order valence-corrected chi connectivity index (χ2v) is 6.12. The second-order valence-electron chi connectivity index (χ2n) is 6.12. The van der Waals surface area contributed by atoms with Crippen LogP contribution in [-0.4, -0.2) is 37.1 Å². The van der Waals surface area contributed by atoms with E-state index in [-0.39, 0.29) is 11.3 Å². The summed E-state index contributed by atoms with van der Waals surface area (Å²) in [5, 5.41) is 6.32. The quantitative estimate of drug-likeness (QED) is 0.870. The van der Waals surface area contributed by atoms with E-state index in [4.69, 9.17) is 0 Å². The standard InChI is InChI=1S/C16H24N4O/c1-2-5-16(6-7-16)15(21)19-14-4-3-13(12-18-14)20-10-8-17-9-11-20/h3-4,12,17H,2,5-11H2,1H3,(H,18,19,21). The fraction of sp³-hybridized carbons (Fsp3) is 0.625. The predicted molar refractivity (Wildman–Crippen MR) is 84.5 cm³/mol. The van der Waals surface area contributed by atoms with Crippen molar-refractivity contribution in [2.75, 3.05) is 36.4 Å². The monoisotopic (exact) mass is 288 g/mol. The second kappa shape index (κ2) is 6.02. The third-order valence-corrected chi connectivity index (χ3v) is 4.54. The molecule has 0 atom stereocenters. The van der Waals surface area contributed by atoms with Crippen molar-refractivity contribution in [3.63, 3.8) is 0 Å². The lowest BCUT2D eigenvalue weighted by Crippen LogP contribution is -2.43. The molecule has 1 saturated heterocycles. The lowest BCUT2D eigenvalue weighted by Gasteiger charge is -2.29. The van der Waals surface area contributed by atoms with Crippen LogP contribution < -0.4 is 15.5 Å². The van der Waals surface area contributed by atoms with Gasteiger partial charge in [0.05, 0.1) is 11.9 Å². The zero-order valence-corrected chi connectivity index (χ0v) is 12.7. The molecule has 114 valence electrons. The minimum atomic E-state index is -0.104. The number of rotatable bonds is 5. The third kappa shape index (κ3) is 3.18. The van der Waals surface area contributed by atoms with E-state index in [1.165, 1.54) is 0 Å². The van der Waals surface area contributed by atoms with Crippen molar-refractivity contribution >= 4 is 17.4 Å². The van der Waals surface area contributed by atoms with E-state index in [1.54, 1.807) is 0 Å². The van der Waals surface area contributed by atoms with Crippen LogP contribution in [0.2, 0.25) is 0 Å². The molecule has 0 aromatic carbocycles. The van der Waals surface area contributed by atoms with E-state index in [0.717, 1.165) is 57.5 Å². The van der Waals surface area contributed by atoms with Crippen molar-refractivity contribution in [2.24, 2.45) is 5.41 Å². The number of nitrogens with one attached hydrogen (secondary N) is 2. The molecule has 0 unspecified atom stereocenters. The van der Waals surface area contributed by atoms with Crippen LogP contribution >= 0.6 is 0 Å². The molecule has 0 bridgehead atoms. The van der Waals surface area contributed by atoms with Gasteiger partial charge in [0.15, 0.2) is 0 Å². The number of carbonyl (C=O) groups is 1. The summed E-state index contributed by atoms with van der Waals surface area (Å²) in [4.78, 5) is 19.0. The molecule has 21 heavy (non-hydrogen) atoms. The zero-order valence-electron chi connectivity index (χ0n) is 12.7. The number of carbonyl (C=O) groups excluding carboxylic acids is 1. The van der Waals surface area contributed by atoms with Crippen molar-refractivity contribution in [2.45, 2.75) is 32.6 Å². The minimum absolute atomic E-state index is 0.104. The summed E-state index contributed by atoms with van der Waals surface area (Å²) in [6.07, 6.45) is 5.94. The van der Waals surface area contributed by atoms with Gasteiger partial charge in [0.25, 0.3) is 0 Å². The van der Waals surface area contributed by atoms with E-state index in [2.05, 4.69) is 27.4 Å². The predicted octanol–water partition coefficient (Wildman–Crippen LogP) is 2.01. The number of hydrogen-bond donors (Lipinski definition) is 2. The van der Waals surface area contributed by atoms with Crippen molar-refractivity contribution in [3.05, 3.63) is 18.3 Å². The van der Waals surface area contributed by atoms with Crippen molar-refractivity contribution in [1.82, 2.24) is 10.3 Å². The van der Waals surface area contributed by atoms with Gasteiger partial charge in [-0.3, -0.25) is 4.79 Å². The Kier molecular flexibility index (Phi) is 4.10. The Morgan fingerprint density at radius 1 is 1.38 bits per heavy atom. The molecule has 1 amide bonds. The topological polar surface area (TPSA) is 57.3 Å². The Bertz CT molecular complexity index is 490. The highest BCUT2D eigenvalue weighted by Crippen LogP contribution is 2.50. The minimum Gasteiger partial charge on any atom is -0.368 e. The van der Waals surface area contributed by atoms with Crippen LogP contribution in [0.25, 0.3) is 0 Å². The summed E-state index contributed by atoms with van der Waals surface area (Å²) in [6, 6.07) is 3.96. The van der Waals surface area contributed by atoms with E-state index in [0.29, 0.717) is 5.82 Å². The summed E-state index contributed by atoms with van der Waals surface area (Å²) < 4.78 is 0. The fourth-order valence-corrected chi connectivity index (χ4v) is 3.04. The summed E-state index contributed by atoms with van der Waals surface area (Å²) in [5.74, 6) is 0.813. The lowest BCUT2D eigenvalue weighted by atomic mass is 10.00. The average molecular weight is 288 g/mol. The molecule has 2 fully saturated rings. The zero-order chi connectivity index (χ0) is 14.7. The number of nitrogens with zero attached hydrogens (tertiary/aromatic N) is 2. The highest BCUT2D eigenvalue weighted by atomic mass is 16.2. The van der Waals surface area contributed by atoms with Gasteiger partial charge in [0.2, 0.25) is 5.91 Å². The van der Waals surface area contributed by atoms with Crippen LogP contribution in [-0.2, 0) is 4.79 Å². The van der Waals surface area contributed by atoms with Gasteiger partial charge in [-0.2, -0.15) is 0 Å². The first-order chi connectivity index (χ1) is 10.2. The van der Waals surface area contributed by atoms with Crippen LogP contribution in [0.3, 0.4) is 0 Å². The number of amides is 1. The largest absolute Gasteiger partial charge is 0.368 e. The molecule has 2 N–H and O–H groups in total. The van der Waals surface area contributed by atoms with Gasteiger partial charge in [0, 0.05) is 31.6 Å². The Hall–Kier alpha value is -1.62. The first kappa shape index (κ1) is 14.3. The summed E-state index contributed by atoms with van der Waals surface area (Å²) >= 11 is 0. The smallest absolute Gasteiger partial charge is 0.231 e. The molecular weight excluding hydrogens is 264 g/mol. The summed E-state index contributed by atoms with van der Waals surface area (Å²) in [7, 11) is 0. The maximum Gasteiger partial charge on any atom is 0.231 e. The first-order valence-electron chi connectivity index (χ1n) is 7.97. The molecule has 3 rings (SSSR count). The van der Waals surface area contributed by atoms with Crippen molar-refractivity contribution in [3.8, 4) is 0 Å². The van der Waals surface area contributed by atoms with Gasteiger partial charge < -0.3 is 15.5 Å². The van der Waals surface area contributed by atoms with E-state index in [1.807, 2.05) is 18.3 Å². The molecule has 0 radical (unpaired) electrons. The number of aromatic nitrogens is 1. The van der Waals surface area contributed by atoms with Crippen LogP contribution in [0, 0.1) is 5.41 Å². The SMILES string of the molecule is CCCC1(C(=O)Nc2ccc(N3CCNCC3)cn2)CC1. The van der Waals surface area contributed by atoms with Gasteiger partial charge in [0.1, 0.15) is 5.82 Å². The molecule has 5 heteroatoms. The van der Waals surface area contributed by atoms with Gasteiger partial charge >= 0.3 is 0 Å². The molecule has 5 nitrogen and oxygen atoms in total. The Morgan fingerprint density at radius 3 is 2.71 bits per heavy atom. The van der Waals surface area contributed by atoms with Crippen LogP contribution in [0.4, 0.5) is 11.5 Å². The molecule has 1 aliphatic heterocycles. The summed E-state index contributed by atoms with van der Waals surface area (Å²) in [5.41, 5.74) is 1.03. The fourth-order valence-electron chi connectivity index (χ4n) is 3.04. The highest BCUT2D eigenvalue weighted by Gasteiger charge is 2.48. The Labute approximate surface area is 126 Å². The summed E-state index contributed by atoms with van der Waals surface area (Å²) in [6.45, 7) is 6.17. The van der Waals surface area contributed by atoms with Crippen LogP contribution in [0.1, 0.15) is 32.6 Å². The first-order valence-corrected chi connectivity index (χ1v) is 7.97. The van der Waals surface area contributed by atoms with Gasteiger partial charge in [-0.15, -0.1) is 0 Å². The molecule has 1 aliphatic carbocycles. The van der Waals surface area contributed by atoms with E-state index < -0.39 is 0 Å². The van der Waals surface area contributed by atoms with Crippen LogP contribution in [0.15, 0.2) is 18.3 Å². The van der Waals surface area contributed by atoms with Crippen molar-refractivity contribution in [1.29, 1.82) is 0 Å². The van der Waals surface area contributed by atoms with E-state index >= 15 is 0 Å². The van der Waals surface area contributed by atoms with Gasteiger partial charge in [-0.05, 0) is 31.4 Å². The molecule has 0 spiro atoms. The van der Waals surface area contributed by atoms with Crippen LogP contribution in [0.5, 0.6) is 0 Å². The number of piperazine rings is 1. The molecule has 1 aromatic rings. The molecule has 1 aromatic heterocycles. The third-order valence-electron chi connectivity index (χ3n) is 4.54. The lowest BCUT2D eigenvalue weighted by molar-refractivity contribution is -0.121. The Balaban J connectivity index is 1.60. The maximum absolute atomic E-state index is 12.3. The normalized spacial score (nSPS) is 20.1. The number of hydrogen-bond acceptors (Lipinski definition) is 4. The molecular formula is C16H24N4O. The molecule has 1 saturated carbocycles. The van der Waals surface area contributed by atoms with Crippen molar-refractivity contribution < 1.29 is 4.79 Å². The molecule has 2 aliphatic rings. The van der Waals surface area contributed by atoms with Gasteiger partial charge in [-0.1, -0.05) is 13.3 Å². The maximum atomic E-state index is 12.3.